The Bertz CT molecular complexity index is 600. The van der Waals surface area contributed by atoms with Crippen LogP contribution in [-0.2, 0) is 11.3 Å². The normalized spacial score (nSPS) is 19.2. The quantitative estimate of drug-likeness (QED) is 0.369. The number of nitrogens with zero attached hydrogens (tertiary/aromatic N) is 3. The molecule has 2 aliphatic heterocycles. The second-order valence-corrected chi connectivity index (χ2v) is 7.52. The molecule has 158 valence electrons. The Morgan fingerprint density at radius 3 is 2.68 bits per heavy atom. The minimum atomic E-state index is 0. The monoisotopic (exact) mass is 502 g/mol. The maximum Gasteiger partial charge on any atom is 0.193 e. The van der Waals surface area contributed by atoms with E-state index >= 15 is 0 Å². The van der Waals surface area contributed by atoms with Gasteiger partial charge >= 0.3 is 0 Å². The van der Waals surface area contributed by atoms with E-state index in [0.717, 1.165) is 70.1 Å². The summed E-state index contributed by atoms with van der Waals surface area (Å²) in [6.45, 7) is 10.6. The highest BCUT2D eigenvalue weighted by Crippen LogP contribution is 2.17. The van der Waals surface area contributed by atoms with Crippen molar-refractivity contribution in [2.24, 2.45) is 10.9 Å². The Morgan fingerprint density at radius 1 is 1.21 bits per heavy atom. The van der Waals surface area contributed by atoms with Crippen LogP contribution in [0.2, 0.25) is 0 Å². The van der Waals surface area contributed by atoms with Gasteiger partial charge in [0.2, 0.25) is 0 Å². The second-order valence-electron chi connectivity index (χ2n) is 7.52. The summed E-state index contributed by atoms with van der Waals surface area (Å²) in [4.78, 5) is 9.21. The van der Waals surface area contributed by atoms with Gasteiger partial charge in [-0.05, 0) is 36.5 Å². The van der Waals surface area contributed by atoms with Crippen LogP contribution in [0.5, 0.6) is 5.75 Å². The summed E-state index contributed by atoms with van der Waals surface area (Å²) >= 11 is 0. The number of morpholine rings is 1. The van der Waals surface area contributed by atoms with Gasteiger partial charge in [-0.3, -0.25) is 9.89 Å². The van der Waals surface area contributed by atoms with Gasteiger partial charge < -0.3 is 19.7 Å². The van der Waals surface area contributed by atoms with Crippen molar-refractivity contribution in [3.05, 3.63) is 29.8 Å². The zero-order valence-corrected chi connectivity index (χ0v) is 19.6. The number of aliphatic imine (C=N–C) groups is 1. The van der Waals surface area contributed by atoms with Crippen LogP contribution in [0.15, 0.2) is 29.3 Å². The summed E-state index contributed by atoms with van der Waals surface area (Å²) in [5.74, 6) is 2.76. The van der Waals surface area contributed by atoms with Crippen LogP contribution >= 0.6 is 24.0 Å². The zero-order chi connectivity index (χ0) is 18.9. The summed E-state index contributed by atoms with van der Waals surface area (Å²) in [5.41, 5.74) is 1.21. The Labute approximate surface area is 186 Å². The van der Waals surface area contributed by atoms with Gasteiger partial charge in [0.25, 0.3) is 0 Å². The lowest BCUT2D eigenvalue weighted by molar-refractivity contribution is 0.0322. The summed E-state index contributed by atoms with van der Waals surface area (Å²) in [5, 5.41) is 3.50. The van der Waals surface area contributed by atoms with E-state index in [2.05, 4.69) is 45.2 Å². The molecule has 6 nitrogen and oxygen atoms in total. The molecular formula is C21H35IN4O2. The third-order valence-corrected chi connectivity index (χ3v) is 5.42. The molecule has 2 aliphatic rings. The standard InChI is InChI=1S/C21H34N4O2.HI/c1-18-6-8-25(9-7-18)21(22-2)23-17-19-4-3-5-20(16-19)27-15-12-24-10-13-26-14-11-24;/h3-5,16,18H,6-15,17H2,1-2H3,(H,22,23);1H. The van der Waals surface area contributed by atoms with Crippen LogP contribution in [0.1, 0.15) is 25.3 Å². The first-order chi connectivity index (χ1) is 13.2. The number of hydrogen-bond acceptors (Lipinski definition) is 4. The molecule has 28 heavy (non-hydrogen) atoms. The van der Waals surface area contributed by atoms with Crippen molar-refractivity contribution in [2.45, 2.75) is 26.3 Å². The van der Waals surface area contributed by atoms with Crippen molar-refractivity contribution in [1.29, 1.82) is 0 Å². The van der Waals surface area contributed by atoms with Gasteiger partial charge in [-0.1, -0.05) is 19.1 Å². The Kier molecular flexibility index (Phi) is 10.4. The highest BCUT2D eigenvalue weighted by Gasteiger charge is 2.18. The van der Waals surface area contributed by atoms with E-state index in [9.17, 15) is 0 Å². The fraction of sp³-hybridized carbons (Fsp3) is 0.667. The van der Waals surface area contributed by atoms with Gasteiger partial charge in [0.05, 0.1) is 13.2 Å². The van der Waals surface area contributed by atoms with Gasteiger partial charge in [0, 0.05) is 46.3 Å². The van der Waals surface area contributed by atoms with Crippen molar-refractivity contribution in [1.82, 2.24) is 15.1 Å². The second kappa shape index (κ2) is 12.5. The van der Waals surface area contributed by atoms with Crippen molar-refractivity contribution in [3.63, 3.8) is 0 Å². The van der Waals surface area contributed by atoms with Crippen LogP contribution in [0.3, 0.4) is 0 Å². The molecule has 0 unspecified atom stereocenters. The van der Waals surface area contributed by atoms with Crippen LogP contribution in [0.4, 0.5) is 0 Å². The molecule has 0 radical (unpaired) electrons. The minimum Gasteiger partial charge on any atom is -0.492 e. The molecule has 0 amide bonds. The van der Waals surface area contributed by atoms with E-state index in [0.29, 0.717) is 6.61 Å². The minimum absolute atomic E-state index is 0. The topological polar surface area (TPSA) is 49.3 Å². The third-order valence-electron chi connectivity index (χ3n) is 5.42. The summed E-state index contributed by atoms with van der Waals surface area (Å²) in [6, 6.07) is 8.35. The summed E-state index contributed by atoms with van der Waals surface area (Å²) < 4.78 is 11.3. The average molecular weight is 502 g/mol. The van der Waals surface area contributed by atoms with Crippen molar-refractivity contribution in [3.8, 4) is 5.75 Å². The van der Waals surface area contributed by atoms with Gasteiger partial charge in [-0.2, -0.15) is 0 Å². The predicted octanol–water partition coefficient (Wildman–Crippen LogP) is 2.82. The fourth-order valence-corrected chi connectivity index (χ4v) is 3.60. The molecule has 1 aromatic rings. The summed E-state index contributed by atoms with van der Waals surface area (Å²) in [7, 11) is 1.87. The van der Waals surface area contributed by atoms with E-state index in [1.807, 2.05) is 13.1 Å². The SMILES string of the molecule is CN=C(NCc1cccc(OCCN2CCOCC2)c1)N1CCC(C)CC1.I. The smallest absolute Gasteiger partial charge is 0.193 e. The van der Waals surface area contributed by atoms with Crippen molar-refractivity contribution in [2.75, 3.05) is 59.6 Å². The van der Waals surface area contributed by atoms with Gasteiger partial charge in [0.15, 0.2) is 5.96 Å². The number of halogens is 1. The fourth-order valence-electron chi connectivity index (χ4n) is 3.60. The Morgan fingerprint density at radius 2 is 1.96 bits per heavy atom. The summed E-state index contributed by atoms with van der Waals surface area (Å²) in [6.07, 6.45) is 2.49. The lowest BCUT2D eigenvalue weighted by atomic mass is 10.00. The molecule has 0 atom stereocenters. The predicted molar refractivity (Wildman–Crippen MR) is 125 cm³/mol. The first-order valence-corrected chi connectivity index (χ1v) is 10.2. The molecule has 7 heteroatoms. The van der Waals surface area contributed by atoms with Gasteiger partial charge in [0.1, 0.15) is 12.4 Å². The lowest BCUT2D eigenvalue weighted by Crippen LogP contribution is -2.45. The number of likely N-dealkylation sites (tertiary alicyclic amines) is 1. The van der Waals surface area contributed by atoms with E-state index in [4.69, 9.17) is 9.47 Å². The zero-order valence-electron chi connectivity index (χ0n) is 17.2. The number of piperidine rings is 1. The first-order valence-electron chi connectivity index (χ1n) is 10.2. The highest BCUT2D eigenvalue weighted by atomic mass is 127. The van der Waals surface area contributed by atoms with E-state index < -0.39 is 0 Å². The molecule has 1 N–H and O–H groups in total. The number of rotatable bonds is 6. The molecule has 0 aromatic heterocycles. The number of nitrogens with one attached hydrogen (secondary N) is 1. The lowest BCUT2D eigenvalue weighted by Gasteiger charge is -2.33. The molecule has 2 saturated heterocycles. The first kappa shape index (κ1) is 23.2. The molecule has 0 saturated carbocycles. The molecule has 0 bridgehead atoms. The van der Waals surface area contributed by atoms with E-state index in [1.165, 1.54) is 18.4 Å². The number of ether oxygens (including phenoxy) is 2. The molecule has 2 fully saturated rings. The Balaban J connectivity index is 0.00000280. The van der Waals surface area contributed by atoms with Gasteiger partial charge in [-0.15, -0.1) is 24.0 Å². The third kappa shape index (κ3) is 7.40. The maximum atomic E-state index is 5.96. The van der Waals surface area contributed by atoms with E-state index in [-0.39, 0.29) is 24.0 Å². The molecule has 1 aromatic carbocycles. The van der Waals surface area contributed by atoms with Crippen molar-refractivity contribution < 1.29 is 9.47 Å². The maximum absolute atomic E-state index is 5.96. The van der Waals surface area contributed by atoms with Crippen LogP contribution in [0, 0.1) is 5.92 Å². The Hall–Kier alpha value is -1.06. The van der Waals surface area contributed by atoms with Gasteiger partial charge in [-0.25, -0.2) is 0 Å². The highest BCUT2D eigenvalue weighted by molar-refractivity contribution is 14.0. The molecular weight excluding hydrogens is 467 g/mol. The average Bonchev–Trinajstić information content (AvgIpc) is 2.71. The van der Waals surface area contributed by atoms with E-state index in [1.54, 1.807) is 0 Å². The molecule has 0 spiro atoms. The number of benzene rings is 1. The molecule has 2 heterocycles. The van der Waals surface area contributed by atoms with Crippen LogP contribution in [0.25, 0.3) is 0 Å². The molecule has 3 rings (SSSR count). The number of guanidine groups is 1. The molecule has 0 aliphatic carbocycles. The largest absolute Gasteiger partial charge is 0.492 e. The van der Waals surface area contributed by atoms with Crippen molar-refractivity contribution >= 4 is 29.9 Å². The van der Waals surface area contributed by atoms with Crippen LogP contribution in [-0.4, -0.2) is 75.4 Å². The number of hydrogen-bond donors (Lipinski definition) is 1. The van der Waals surface area contributed by atoms with Crippen LogP contribution < -0.4 is 10.1 Å².